The minimum Gasteiger partial charge on any atom is -0.550 e. The summed E-state index contributed by atoms with van der Waals surface area (Å²) in [5.41, 5.74) is -3.45. The van der Waals surface area contributed by atoms with Gasteiger partial charge in [0.05, 0.1) is 17.7 Å². The van der Waals surface area contributed by atoms with Crippen molar-refractivity contribution in [2.45, 2.75) is 109 Å². The van der Waals surface area contributed by atoms with Crippen molar-refractivity contribution in [1.82, 2.24) is 0 Å². The second-order valence-electron chi connectivity index (χ2n) is 12.6. The molecule has 0 aliphatic rings. The minimum atomic E-state index is -3.02. The van der Waals surface area contributed by atoms with Crippen molar-refractivity contribution in [2.24, 2.45) is 0 Å². The van der Waals surface area contributed by atoms with Crippen molar-refractivity contribution in [3.8, 4) is 0 Å². The molecule has 2 aromatic rings. The maximum atomic E-state index is 10.9. The fraction of sp³-hybridized carbons (Fsp3) is 0.436. The van der Waals surface area contributed by atoms with Crippen LogP contribution in [-0.2, 0) is 53.0 Å². The molecule has 350 valence electrons. The van der Waals surface area contributed by atoms with E-state index in [9.17, 15) is 66.6 Å². The van der Waals surface area contributed by atoms with Crippen LogP contribution in [0.4, 0.5) is 0 Å². The van der Waals surface area contributed by atoms with E-state index in [2.05, 4.69) is 0 Å². The Morgan fingerprint density at radius 3 is 1.21 bits per heavy atom. The Hall–Kier alpha value is -6.27. The van der Waals surface area contributed by atoms with Gasteiger partial charge in [-0.05, 0) is 46.8 Å². The highest BCUT2D eigenvalue weighted by Crippen LogP contribution is 2.17. The second-order valence-corrected chi connectivity index (χ2v) is 14.7. The van der Waals surface area contributed by atoms with Crippen LogP contribution in [0.5, 0.6) is 0 Å². The highest BCUT2D eigenvalue weighted by molar-refractivity contribution is 7.90. The number of hydrogen-bond donors (Lipinski definition) is 9. The molecule has 23 heteroatoms. The standard InChI is InChI=1S/C8H10O2S.C8H8O.C7H10O6.C6H8O7.C5H8O5.C4H8O.CH4/c1-7-3-5-8(6-4-7)11(2,9)10;1-7(9)8-5-3-2-4-6-8;1-4(8)2-7(13,6(11)12)3-5(9)10;7-3(8)1-6(13,5(11)12)2-4(9)10;1-2(6)3(7)4(8)5(9)10;1-3-4(2)5;/h3-6H,1-2H3;2-6H,1H3;13H,2-3H2,1H3,(H,9,10)(H,11,12);13H,1-2H2,(H,7,8)(H,9,10)(H,11,12);3-4,7-8H,1H3,(H,9,10);3H2,1-2H3;1H4/p-1. The van der Waals surface area contributed by atoms with Crippen LogP contribution in [0, 0.1) is 6.92 Å². The van der Waals surface area contributed by atoms with Gasteiger partial charge in [-0.3, -0.25) is 24.0 Å². The number of sulfone groups is 1. The van der Waals surface area contributed by atoms with Crippen LogP contribution >= 0.6 is 0 Å². The molecule has 2 aromatic carbocycles. The number of ketones is 4. The van der Waals surface area contributed by atoms with E-state index in [1.807, 2.05) is 44.2 Å². The zero-order valence-corrected chi connectivity index (χ0v) is 34.9. The van der Waals surface area contributed by atoms with Crippen LogP contribution in [0.2, 0.25) is 0 Å². The summed E-state index contributed by atoms with van der Waals surface area (Å²) in [6.07, 6.45) is -6.09. The molecule has 4 unspecified atom stereocenters. The van der Waals surface area contributed by atoms with Gasteiger partial charge in [-0.1, -0.05) is 62.4 Å². The number of carbonyl (C=O) groups excluding carboxylic acids is 5. The lowest BCUT2D eigenvalue weighted by molar-refractivity contribution is -0.309. The Bertz CT molecular complexity index is 1800. The molecule has 22 nitrogen and oxygen atoms in total. The molecular weight excluding hydrogens is 852 g/mol. The lowest BCUT2D eigenvalue weighted by Gasteiger charge is -2.21. The zero-order chi connectivity index (χ0) is 49.1. The lowest BCUT2D eigenvalue weighted by Crippen LogP contribution is -2.45. The summed E-state index contributed by atoms with van der Waals surface area (Å²) in [6.45, 7) is 9.00. The van der Waals surface area contributed by atoms with Crippen LogP contribution in [0.3, 0.4) is 0 Å². The number of hydrogen-bond acceptors (Lipinski definition) is 17. The van der Waals surface area contributed by atoms with Gasteiger partial charge in [-0.25, -0.2) is 22.8 Å². The maximum Gasteiger partial charge on any atom is 0.336 e. The number of aliphatic hydroxyl groups excluding tert-OH is 2. The van der Waals surface area contributed by atoms with E-state index in [-0.39, 0.29) is 19.0 Å². The third-order valence-electron chi connectivity index (χ3n) is 6.76. The van der Waals surface area contributed by atoms with Crippen molar-refractivity contribution < 1.29 is 107 Å². The molecule has 62 heavy (non-hydrogen) atoms. The summed E-state index contributed by atoms with van der Waals surface area (Å²) in [5.74, 6) is -11.1. The van der Waals surface area contributed by atoms with E-state index in [1.165, 1.54) is 6.26 Å². The highest BCUT2D eigenvalue weighted by atomic mass is 32.2. The van der Waals surface area contributed by atoms with Gasteiger partial charge >= 0.3 is 29.8 Å². The van der Waals surface area contributed by atoms with E-state index in [0.29, 0.717) is 11.3 Å². The molecule has 0 spiro atoms. The molecule has 0 aliphatic heterocycles. The lowest BCUT2D eigenvalue weighted by atomic mass is 9.94. The van der Waals surface area contributed by atoms with Crippen LogP contribution in [0.15, 0.2) is 59.5 Å². The molecule has 9 N–H and O–H groups in total. The number of carboxylic acids is 6. The van der Waals surface area contributed by atoms with Gasteiger partial charge < -0.3 is 60.7 Å². The van der Waals surface area contributed by atoms with E-state index in [4.69, 9.17) is 40.9 Å². The van der Waals surface area contributed by atoms with Gasteiger partial charge in [0.1, 0.15) is 17.7 Å². The van der Waals surface area contributed by atoms with Crippen LogP contribution in [0.25, 0.3) is 0 Å². The first-order chi connectivity index (χ1) is 27.6. The molecule has 0 bridgehead atoms. The molecular formula is C39H55O22S-. The number of rotatable bonds is 16. The number of Topliss-reactive ketones (excluding diaryl/α,β-unsaturated/α-hetero) is 4. The van der Waals surface area contributed by atoms with Crippen LogP contribution in [-0.4, -0.2) is 143 Å². The normalized spacial score (nSPS) is 12.6. The second kappa shape index (κ2) is 31.6. The monoisotopic (exact) mass is 907 g/mol. The van der Waals surface area contributed by atoms with E-state index >= 15 is 0 Å². The van der Waals surface area contributed by atoms with Crippen molar-refractivity contribution >= 4 is 68.8 Å². The van der Waals surface area contributed by atoms with Gasteiger partial charge in [-0.2, -0.15) is 0 Å². The molecule has 0 saturated carbocycles. The number of carboxylic acid groups (broad SMARTS) is 6. The summed E-state index contributed by atoms with van der Waals surface area (Å²) < 4.78 is 21.9. The van der Waals surface area contributed by atoms with E-state index in [1.54, 1.807) is 38.1 Å². The Morgan fingerprint density at radius 2 is 1.00 bits per heavy atom. The zero-order valence-electron chi connectivity index (χ0n) is 34.1. The summed E-state index contributed by atoms with van der Waals surface area (Å²) in [7, 11) is -3.02. The van der Waals surface area contributed by atoms with Crippen molar-refractivity contribution in [3.63, 3.8) is 0 Å². The third kappa shape index (κ3) is 32.6. The molecule has 0 fully saturated rings. The number of carbonyl (C=O) groups is 10. The molecule has 0 radical (unpaired) electrons. The van der Waals surface area contributed by atoms with Gasteiger partial charge in [0.2, 0.25) is 0 Å². The summed E-state index contributed by atoms with van der Waals surface area (Å²) in [4.78, 5) is 102. The molecule has 0 heterocycles. The van der Waals surface area contributed by atoms with Crippen molar-refractivity contribution in [1.29, 1.82) is 0 Å². The predicted octanol–water partition coefficient (Wildman–Crippen LogP) is -0.0363. The first-order valence-corrected chi connectivity index (χ1v) is 18.9. The Morgan fingerprint density at radius 1 is 0.629 bits per heavy atom. The molecule has 0 aromatic heterocycles. The smallest absolute Gasteiger partial charge is 0.336 e. The first kappa shape index (κ1) is 64.9. The molecule has 0 saturated heterocycles. The van der Waals surface area contributed by atoms with Gasteiger partial charge in [0.25, 0.3) is 0 Å². The average Bonchev–Trinajstić information content (AvgIpc) is 3.11. The quantitative estimate of drug-likeness (QED) is 0.0998. The number of aryl methyl sites for hydroxylation is 1. The third-order valence-corrected chi connectivity index (χ3v) is 7.89. The maximum absolute atomic E-state index is 10.9. The fourth-order valence-corrected chi connectivity index (χ4v) is 4.02. The molecule has 0 amide bonds. The van der Waals surface area contributed by atoms with Crippen molar-refractivity contribution in [3.05, 3.63) is 65.7 Å². The molecule has 0 aliphatic carbocycles. The SMILES string of the molecule is C.CC(=O)C(O)C(O)C(=O)O.CC(=O)CC(O)(CC(=O)O)C(=O)O.CC(=O)c1ccccc1.CCC(C)=O.Cc1ccc(S(C)(=O)=O)cc1.O=C([O-])CC(O)(CC(=O)O)C(=O)O. The van der Waals surface area contributed by atoms with Gasteiger partial charge in [-0.15, -0.1) is 0 Å². The van der Waals surface area contributed by atoms with E-state index in [0.717, 1.165) is 25.0 Å². The van der Waals surface area contributed by atoms with Crippen LogP contribution < -0.4 is 5.11 Å². The topological polar surface area (TPSA) is 410 Å². The largest absolute Gasteiger partial charge is 0.550 e. The fourth-order valence-electron chi connectivity index (χ4n) is 3.39. The van der Waals surface area contributed by atoms with Crippen LogP contribution in [0.1, 0.15) is 90.1 Å². The Kier molecular flexibility index (Phi) is 33.0. The summed E-state index contributed by atoms with van der Waals surface area (Å²) in [5, 5.41) is 86.6. The van der Waals surface area contributed by atoms with Crippen molar-refractivity contribution in [2.75, 3.05) is 6.26 Å². The minimum absolute atomic E-state index is 0. The average molecular weight is 908 g/mol. The van der Waals surface area contributed by atoms with E-state index < -0.39 is 106 Å². The summed E-state index contributed by atoms with van der Waals surface area (Å²) >= 11 is 0. The highest BCUT2D eigenvalue weighted by Gasteiger charge is 2.40. The summed E-state index contributed by atoms with van der Waals surface area (Å²) in [6, 6.07) is 16.0. The molecule has 2 rings (SSSR count). The van der Waals surface area contributed by atoms with Gasteiger partial charge in [0.15, 0.2) is 38.7 Å². The predicted molar refractivity (Wildman–Crippen MR) is 213 cm³/mol. The number of aliphatic hydroxyl groups is 4. The molecule has 4 atom stereocenters. The number of benzene rings is 2. The number of aliphatic carboxylic acids is 6. The van der Waals surface area contributed by atoms with Gasteiger partial charge in [0, 0.05) is 37.1 Å². The Labute approximate surface area is 357 Å². The first-order valence-electron chi connectivity index (χ1n) is 17.1. The Balaban J connectivity index is -0.000000213.